The highest BCUT2D eigenvalue weighted by Crippen LogP contribution is 2.43. The van der Waals surface area contributed by atoms with Gasteiger partial charge in [0.2, 0.25) is 0 Å². The van der Waals surface area contributed by atoms with Crippen LogP contribution in [0.25, 0.3) is 0 Å². The zero-order valence-corrected chi connectivity index (χ0v) is 13.6. The number of carbonyl (C=O) groups is 2. The number of phenolic OH excluding ortho intramolecular Hbond substituents is 1. The fourth-order valence-corrected chi connectivity index (χ4v) is 2.31. The number of aliphatic carboxylic acids is 1. The summed E-state index contributed by atoms with van der Waals surface area (Å²) in [5, 5.41) is 19.3. The van der Waals surface area contributed by atoms with Crippen LogP contribution >= 0.6 is 0 Å². The predicted octanol–water partition coefficient (Wildman–Crippen LogP) is 2.84. The molecule has 128 valence electrons. The summed E-state index contributed by atoms with van der Waals surface area (Å²) in [6.07, 6.45) is 3.41. The van der Waals surface area contributed by atoms with Gasteiger partial charge >= 0.3 is 5.97 Å². The molecule has 1 aromatic carbocycles. The SMILES string of the molecule is C=C/C(=C\C(=C)C(=O)O)C(CC=O)c1c(O)cc(OC)cc1OC. The average Bonchev–Trinajstić information content (AvgIpc) is 2.57. The van der Waals surface area contributed by atoms with E-state index in [0.717, 1.165) is 0 Å². The monoisotopic (exact) mass is 332 g/mol. The molecule has 0 bridgehead atoms. The lowest BCUT2D eigenvalue weighted by Crippen LogP contribution is -2.07. The van der Waals surface area contributed by atoms with Crippen LogP contribution in [0.15, 0.2) is 48.6 Å². The molecule has 0 amide bonds. The minimum absolute atomic E-state index is 0.000993. The molecule has 0 radical (unpaired) electrons. The molecule has 1 unspecified atom stereocenters. The Labute approximate surface area is 140 Å². The maximum Gasteiger partial charge on any atom is 0.335 e. The van der Waals surface area contributed by atoms with E-state index >= 15 is 0 Å². The van der Waals surface area contributed by atoms with E-state index in [2.05, 4.69) is 13.2 Å². The van der Waals surface area contributed by atoms with Crippen molar-refractivity contribution in [2.75, 3.05) is 14.2 Å². The number of hydrogen-bond donors (Lipinski definition) is 2. The predicted molar refractivity (Wildman–Crippen MR) is 89.7 cm³/mol. The third kappa shape index (κ3) is 4.25. The van der Waals surface area contributed by atoms with Crippen molar-refractivity contribution in [1.82, 2.24) is 0 Å². The number of methoxy groups -OCH3 is 2. The lowest BCUT2D eigenvalue weighted by atomic mass is 9.86. The topological polar surface area (TPSA) is 93.1 Å². The Bertz CT molecular complexity index is 687. The molecule has 6 nitrogen and oxygen atoms in total. The third-order valence-electron chi connectivity index (χ3n) is 3.48. The van der Waals surface area contributed by atoms with Crippen LogP contribution in [-0.2, 0) is 9.59 Å². The Kier molecular flexibility index (Phi) is 6.79. The molecule has 1 aromatic rings. The van der Waals surface area contributed by atoms with Gasteiger partial charge in [0.25, 0.3) is 0 Å². The number of carbonyl (C=O) groups excluding carboxylic acids is 1. The van der Waals surface area contributed by atoms with E-state index in [1.165, 1.54) is 32.4 Å². The van der Waals surface area contributed by atoms with Gasteiger partial charge in [-0.1, -0.05) is 19.2 Å². The first-order chi connectivity index (χ1) is 11.4. The zero-order valence-electron chi connectivity index (χ0n) is 13.6. The van der Waals surface area contributed by atoms with Crippen molar-refractivity contribution >= 4 is 12.3 Å². The Morgan fingerprint density at radius 3 is 2.46 bits per heavy atom. The number of carboxylic acids is 1. The second kappa shape index (κ2) is 8.57. The maximum absolute atomic E-state index is 11.1. The van der Waals surface area contributed by atoms with E-state index < -0.39 is 11.9 Å². The average molecular weight is 332 g/mol. The Morgan fingerprint density at radius 2 is 2.00 bits per heavy atom. The fourth-order valence-electron chi connectivity index (χ4n) is 2.31. The third-order valence-corrected chi connectivity index (χ3v) is 3.48. The maximum atomic E-state index is 11.1. The van der Waals surface area contributed by atoms with Crippen LogP contribution in [0.3, 0.4) is 0 Å². The number of phenols is 1. The number of hydrogen-bond acceptors (Lipinski definition) is 5. The molecule has 1 atom stereocenters. The number of rotatable bonds is 9. The molecule has 0 aliphatic rings. The van der Waals surface area contributed by atoms with Crippen LogP contribution in [0.5, 0.6) is 17.2 Å². The van der Waals surface area contributed by atoms with Crippen LogP contribution in [0, 0.1) is 0 Å². The van der Waals surface area contributed by atoms with Gasteiger partial charge in [0.1, 0.15) is 23.5 Å². The van der Waals surface area contributed by atoms with Crippen molar-refractivity contribution < 1.29 is 29.3 Å². The molecular formula is C18H20O6. The van der Waals surface area contributed by atoms with Gasteiger partial charge in [-0.15, -0.1) is 0 Å². The van der Waals surface area contributed by atoms with Crippen molar-refractivity contribution in [1.29, 1.82) is 0 Å². The van der Waals surface area contributed by atoms with Crippen molar-refractivity contribution in [2.24, 2.45) is 0 Å². The van der Waals surface area contributed by atoms with Crippen LogP contribution < -0.4 is 9.47 Å². The molecule has 0 heterocycles. The van der Waals surface area contributed by atoms with Gasteiger partial charge in [0.05, 0.1) is 19.8 Å². The van der Waals surface area contributed by atoms with Crippen LogP contribution in [0.2, 0.25) is 0 Å². The van der Waals surface area contributed by atoms with Crippen LogP contribution in [0.4, 0.5) is 0 Å². The summed E-state index contributed by atoms with van der Waals surface area (Å²) in [4.78, 5) is 22.1. The molecule has 24 heavy (non-hydrogen) atoms. The van der Waals surface area contributed by atoms with Crippen LogP contribution in [0.1, 0.15) is 17.9 Å². The highest BCUT2D eigenvalue weighted by molar-refractivity contribution is 5.89. The second-order valence-electron chi connectivity index (χ2n) is 4.90. The van der Waals surface area contributed by atoms with Gasteiger partial charge in [-0.2, -0.15) is 0 Å². The van der Waals surface area contributed by atoms with E-state index in [4.69, 9.17) is 14.6 Å². The number of allylic oxidation sites excluding steroid dienone is 2. The van der Waals surface area contributed by atoms with E-state index in [1.807, 2.05) is 0 Å². The summed E-state index contributed by atoms with van der Waals surface area (Å²) in [5.74, 6) is -1.27. The van der Waals surface area contributed by atoms with E-state index in [-0.39, 0.29) is 17.7 Å². The minimum Gasteiger partial charge on any atom is -0.507 e. The zero-order chi connectivity index (χ0) is 18.3. The highest BCUT2D eigenvalue weighted by atomic mass is 16.5. The normalized spacial score (nSPS) is 12.2. The van der Waals surface area contributed by atoms with E-state index in [0.29, 0.717) is 28.9 Å². The summed E-state index contributed by atoms with van der Waals surface area (Å²) in [6.45, 7) is 7.10. The van der Waals surface area contributed by atoms with Gasteiger partial charge < -0.3 is 24.5 Å². The first-order valence-electron chi connectivity index (χ1n) is 7.04. The Morgan fingerprint density at radius 1 is 1.33 bits per heavy atom. The smallest absolute Gasteiger partial charge is 0.335 e. The standard InChI is InChI=1S/C18H20O6/c1-5-12(8-11(2)18(21)22)14(6-7-19)17-15(20)9-13(23-3)10-16(17)24-4/h5,7-10,14,20H,1-2,6H2,3-4H3,(H,21,22)/b12-8+. The van der Waals surface area contributed by atoms with Gasteiger partial charge in [0, 0.05) is 30.0 Å². The molecule has 1 rings (SSSR count). The molecule has 0 spiro atoms. The largest absolute Gasteiger partial charge is 0.507 e. The summed E-state index contributed by atoms with van der Waals surface area (Å²) in [5.41, 5.74) is 0.607. The summed E-state index contributed by atoms with van der Waals surface area (Å²) in [7, 11) is 2.87. The fraction of sp³-hybridized carbons (Fsp3) is 0.222. The molecular weight excluding hydrogens is 312 g/mol. The van der Waals surface area contributed by atoms with E-state index in [1.54, 1.807) is 6.07 Å². The van der Waals surface area contributed by atoms with Gasteiger partial charge in [-0.3, -0.25) is 0 Å². The lowest BCUT2D eigenvalue weighted by molar-refractivity contribution is -0.132. The van der Waals surface area contributed by atoms with Gasteiger partial charge in [-0.05, 0) is 11.6 Å². The quantitative estimate of drug-likeness (QED) is 0.410. The lowest BCUT2D eigenvalue weighted by Gasteiger charge is -2.21. The van der Waals surface area contributed by atoms with Crippen molar-refractivity contribution in [2.45, 2.75) is 12.3 Å². The van der Waals surface area contributed by atoms with Crippen molar-refractivity contribution in [3.8, 4) is 17.2 Å². The van der Waals surface area contributed by atoms with Gasteiger partial charge in [-0.25, -0.2) is 4.79 Å². The molecule has 2 N–H and O–H groups in total. The van der Waals surface area contributed by atoms with Crippen LogP contribution in [-0.4, -0.2) is 36.7 Å². The Hall–Kier alpha value is -3.02. The van der Waals surface area contributed by atoms with Gasteiger partial charge in [0.15, 0.2) is 0 Å². The first-order valence-corrected chi connectivity index (χ1v) is 7.04. The number of aldehydes is 1. The molecule has 0 aromatic heterocycles. The summed E-state index contributed by atoms with van der Waals surface area (Å²) < 4.78 is 10.4. The molecule has 0 aliphatic heterocycles. The first kappa shape index (κ1) is 19.0. The minimum atomic E-state index is -1.19. The summed E-state index contributed by atoms with van der Waals surface area (Å²) in [6, 6.07) is 2.96. The molecule has 6 heteroatoms. The number of ether oxygens (including phenoxy) is 2. The number of benzene rings is 1. The molecule has 0 saturated heterocycles. The number of aromatic hydroxyl groups is 1. The second-order valence-corrected chi connectivity index (χ2v) is 4.90. The molecule has 0 fully saturated rings. The number of carboxylic acid groups (broad SMARTS) is 1. The van der Waals surface area contributed by atoms with E-state index in [9.17, 15) is 14.7 Å². The molecule has 0 aliphatic carbocycles. The Balaban J connectivity index is 3.54. The highest BCUT2D eigenvalue weighted by Gasteiger charge is 2.24. The molecule has 0 saturated carbocycles. The summed E-state index contributed by atoms with van der Waals surface area (Å²) >= 11 is 0. The van der Waals surface area contributed by atoms with Crippen molar-refractivity contribution in [3.63, 3.8) is 0 Å². The van der Waals surface area contributed by atoms with Crippen molar-refractivity contribution in [3.05, 3.63) is 54.2 Å².